The molecule has 0 aliphatic carbocycles. The second kappa shape index (κ2) is 6.79. The molecule has 0 unspecified atom stereocenters. The van der Waals surface area contributed by atoms with E-state index in [1.807, 2.05) is 24.3 Å². The predicted octanol–water partition coefficient (Wildman–Crippen LogP) is 2.10. The number of aryl methyl sites for hydroxylation is 2. The minimum Gasteiger partial charge on any atom is -0.476 e. The van der Waals surface area contributed by atoms with E-state index < -0.39 is 5.97 Å². The Bertz CT molecular complexity index is 999. The smallest absolute Gasteiger partial charge is 0.356 e. The van der Waals surface area contributed by atoms with Crippen LogP contribution < -0.4 is 4.90 Å². The quantitative estimate of drug-likeness (QED) is 0.757. The van der Waals surface area contributed by atoms with Crippen LogP contribution in [0.25, 0.3) is 11.5 Å². The highest BCUT2D eigenvalue weighted by molar-refractivity contribution is 5.87. The molecule has 1 aliphatic heterocycles. The van der Waals surface area contributed by atoms with E-state index in [0.29, 0.717) is 25.3 Å². The van der Waals surface area contributed by atoms with Crippen molar-refractivity contribution in [1.82, 2.24) is 24.7 Å². The lowest BCUT2D eigenvalue weighted by atomic mass is 10.0. The molecule has 1 N–H and O–H groups in total. The van der Waals surface area contributed by atoms with Crippen LogP contribution in [0.15, 0.2) is 30.5 Å². The number of aromatic nitrogens is 5. The summed E-state index contributed by atoms with van der Waals surface area (Å²) in [5, 5.41) is 13.5. The number of fused-ring (bicyclic) bond motifs is 1. The lowest BCUT2D eigenvalue weighted by molar-refractivity contribution is 0.0688. The zero-order chi connectivity index (χ0) is 19.0. The molecule has 8 nitrogen and oxygen atoms in total. The van der Waals surface area contributed by atoms with E-state index >= 15 is 0 Å². The molecule has 3 aromatic heterocycles. The van der Waals surface area contributed by atoms with E-state index in [1.54, 1.807) is 17.9 Å². The first-order valence-corrected chi connectivity index (χ1v) is 8.89. The number of carboxylic acid groups (broad SMARTS) is 1. The van der Waals surface area contributed by atoms with E-state index in [0.717, 1.165) is 34.9 Å². The molecule has 0 spiro atoms. The summed E-state index contributed by atoms with van der Waals surface area (Å²) in [6, 6.07) is 7.67. The molecule has 1 aliphatic rings. The largest absolute Gasteiger partial charge is 0.476 e. The van der Waals surface area contributed by atoms with Crippen molar-refractivity contribution in [1.29, 1.82) is 0 Å². The van der Waals surface area contributed by atoms with Crippen LogP contribution in [0.1, 0.15) is 34.4 Å². The number of hydrogen-bond donors (Lipinski definition) is 1. The van der Waals surface area contributed by atoms with Gasteiger partial charge in [-0.25, -0.2) is 14.8 Å². The van der Waals surface area contributed by atoms with Crippen LogP contribution in [-0.4, -0.2) is 42.4 Å². The van der Waals surface area contributed by atoms with E-state index in [-0.39, 0.29) is 5.69 Å². The summed E-state index contributed by atoms with van der Waals surface area (Å²) in [6.07, 6.45) is 3.14. The molecule has 8 heteroatoms. The Kier molecular flexibility index (Phi) is 4.31. The monoisotopic (exact) mass is 364 g/mol. The van der Waals surface area contributed by atoms with Gasteiger partial charge in [0.15, 0.2) is 11.5 Å². The minimum atomic E-state index is -0.979. The van der Waals surface area contributed by atoms with Gasteiger partial charge in [0.25, 0.3) is 0 Å². The highest BCUT2D eigenvalue weighted by Crippen LogP contribution is 2.27. The van der Waals surface area contributed by atoms with Crippen LogP contribution in [0.2, 0.25) is 0 Å². The Labute approximate surface area is 156 Å². The van der Waals surface area contributed by atoms with Crippen molar-refractivity contribution in [2.75, 3.05) is 11.4 Å². The van der Waals surface area contributed by atoms with E-state index in [4.69, 9.17) is 4.98 Å². The van der Waals surface area contributed by atoms with Crippen LogP contribution in [0.3, 0.4) is 0 Å². The van der Waals surface area contributed by atoms with E-state index in [2.05, 4.69) is 26.9 Å². The van der Waals surface area contributed by atoms with Crippen molar-refractivity contribution < 1.29 is 9.90 Å². The Balaban J connectivity index is 1.71. The van der Waals surface area contributed by atoms with Gasteiger partial charge in [-0.05, 0) is 25.0 Å². The normalized spacial score (nSPS) is 13.5. The number of nitrogens with zero attached hydrogens (tertiary/aromatic N) is 6. The van der Waals surface area contributed by atoms with Crippen LogP contribution in [0.4, 0.5) is 5.82 Å². The zero-order valence-corrected chi connectivity index (χ0v) is 15.3. The molecule has 0 saturated carbocycles. The molecule has 0 atom stereocenters. The summed E-state index contributed by atoms with van der Waals surface area (Å²) in [7, 11) is 1.78. The first-order chi connectivity index (χ1) is 13.1. The maximum absolute atomic E-state index is 11.4. The molecular formula is C19H20N6O2. The van der Waals surface area contributed by atoms with E-state index in [1.165, 1.54) is 0 Å². The third kappa shape index (κ3) is 3.14. The summed E-state index contributed by atoms with van der Waals surface area (Å²) in [5.41, 5.74) is 3.56. The van der Waals surface area contributed by atoms with Crippen molar-refractivity contribution in [3.63, 3.8) is 0 Å². The van der Waals surface area contributed by atoms with Crippen molar-refractivity contribution in [2.24, 2.45) is 7.05 Å². The highest BCUT2D eigenvalue weighted by Gasteiger charge is 2.27. The molecule has 0 amide bonds. The van der Waals surface area contributed by atoms with Crippen molar-refractivity contribution in [3.05, 3.63) is 53.1 Å². The average molecular weight is 364 g/mol. The lowest BCUT2D eigenvalue weighted by Gasteiger charge is -2.29. The molecular weight excluding hydrogens is 344 g/mol. The number of carboxylic acids is 1. The molecule has 0 aromatic carbocycles. The second-order valence-corrected chi connectivity index (χ2v) is 6.48. The molecule has 3 aromatic rings. The zero-order valence-electron chi connectivity index (χ0n) is 15.3. The molecule has 4 rings (SSSR count). The van der Waals surface area contributed by atoms with Gasteiger partial charge in [0.2, 0.25) is 0 Å². The summed E-state index contributed by atoms with van der Waals surface area (Å²) in [6.45, 7) is 3.30. The molecule has 0 fully saturated rings. The van der Waals surface area contributed by atoms with Crippen molar-refractivity contribution in [2.45, 2.75) is 26.3 Å². The maximum Gasteiger partial charge on any atom is 0.356 e. The first-order valence-electron chi connectivity index (χ1n) is 8.89. The number of carbonyl (C=O) groups is 1. The summed E-state index contributed by atoms with van der Waals surface area (Å²) >= 11 is 0. The van der Waals surface area contributed by atoms with E-state index in [9.17, 15) is 9.90 Å². The summed E-state index contributed by atoms with van der Waals surface area (Å²) < 4.78 is 1.66. The van der Waals surface area contributed by atoms with Gasteiger partial charge < -0.3 is 10.0 Å². The second-order valence-electron chi connectivity index (χ2n) is 6.48. The van der Waals surface area contributed by atoms with Gasteiger partial charge in [0.1, 0.15) is 11.5 Å². The number of rotatable bonds is 4. The van der Waals surface area contributed by atoms with Crippen LogP contribution in [0, 0.1) is 0 Å². The fourth-order valence-corrected chi connectivity index (χ4v) is 3.37. The molecule has 4 heterocycles. The Hall–Kier alpha value is -3.29. The lowest BCUT2D eigenvalue weighted by Crippen LogP contribution is -2.32. The van der Waals surface area contributed by atoms with Crippen molar-refractivity contribution in [3.8, 4) is 11.5 Å². The van der Waals surface area contributed by atoms with Gasteiger partial charge in [-0.1, -0.05) is 13.0 Å². The number of anilines is 1. The Morgan fingerprint density at radius 3 is 2.85 bits per heavy atom. The van der Waals surface area contributed by atoms with Gasteiger partial charge in [-0.2, -0.15) is 5.10 Å². The van der Waals surface area contributed by atoms with Gasteiger partial charge in [0.05, 0.1) is 12.2 Å². The predicted molar refractivity (Wildman–Crippen MR) is 99.6 cm³/mol. The molecule has 0 radical (unpaired) electrons. The fraction of sp³-hybridized carbons (Fsp3) is 0.316. The standard InChI is InChI=1S/C19H20N6O2/c1-3-12-10-16(22-18(21-12)14-6-4-5-8-20-14)25-9-7-13-15(11-25)24(2)23-17(13)19(26)27/h4-6,8,10H,3,7,9,11H2,1-2H3,(H,26,27). The summed E-state index contributed by atoms with van der Waals surface area (Å²) in [4.78, 5) is 27.2. The minimum absolute atomic E-state index is 0.151. The third-order valence-electron chi connectivity index (χ3n) is 4.80. The van der Waals surface area contributed by atoms with Gasteiger partial charge in [0, 0.05) is 37.1 Å². The Morgan fingerprint density at radius 1 is 1.30 bits per heavy atom. The number of aromatic carboxylic acids is 1. The van der Waals surface area contributed by atoms with Crippen LogP contribution in [-0.2, 0) is 26.4 Å². The number of hydrogen-bond acceptors (Lipinski definition) is 6. The fourth-order valence-electron chi connectivity index (χ4n) is 3.37. The van der Waals surface area contributed by atoms with Gasteiger partial charge in [-0.15, -0.1) is 0 Å². The third-order valence-corrected chi connectivity index (χ3v) is 4.80. The first kappa shape index (κ1) is 17.1. The van der Waals surface area contributed by atoms with Gasteiger partial charge in [-0.3, -0.25) is 9.67 Å². The highest BCUT2D eigenvalue weighted by atomic mass is 16.4. The molecule has 0 saturated heterocycles. The topological polar surface area (TPSA) is 97.0 Å². The maximum atomic E-state index is 11.4. The van der Waals surface area contributed by atoms with Gasteiger partial charge >= 0.3 is 5.97 Å². The SMILES string of the molecule is CCc1cc(N2CCc3c(C(=O)O)nn(C)c3C2)nc(-c2ccccn2)n1. The Morgan fingerprint density at radius 2 is 2.15 bits per heavy atom. The molecule has 27 heavy (non-hydrogen) atoms. The average Bonchev–Trinajstić information content (AvgIpc) is 3.04. The van der Waals surface area contributed by atoms with Crippen LogP contribution >= 0.6 is 0 Å². The number of pyridine rings is 1. The van der Waals surface area contributed by atoms with Crippen molar-refractivity contribution >= 4 is 11.8 Å². The molecule has 138 valence electrons. The summed E-state index contributed by atoms with van der Waals surface area (Å²) in [5.74, 6) is 0.450. The van der Waals surface area contributed by atoms with Crippen LogP contribution in [0.5, 0.6) is 0 Å². The molecule has 0 bridgehead atoms.